The first kappa shape index (κ1) is 17.4. The minimum Gasteiger partial charge on any atom is -0.462 e. The van der Waals surface area contributed by atoms with Crippen molar-refractivity contribution >= 4 is 11.9 Å². The Morgan fingerprint density at radius 2 is 1.88 bits per heavy atom. The molecule has 8 nitrogen and oxygen atoms in total. The number of rotatable bonds is 4. The van der Waals surface area contributed by atoms with Crippen molar-refractivity contribution < 1.29 is 14.3 Å². The predicted octanol–water partition coefficient (Wildman–Crippen LogP) is 0.819. The molecule has 2 fully saturated rings. The van der Waals surface area contributed by atoms with Gasteiger partial charge in [0.1, 0.15) is 5.56 Å². The summed E-state index contributed by atoms with van der Waals surface area (Å²) in [7, 11) is 0. The van der Waals surface area contributed by atoms with E-state index in [0.29, 0.717) is 6.42 Å². The molecular weight excluding hydrogens is 326 g/mol. The molecule has 1 aliphatic heterocycles. The second-order valence-corrected chi connectivity index (χ2v) is 6.58. The monoisotopic (exact) mass is 349 g/mol. The van der Waals surface area contributed by atoms with Gasteiger partial charge in [-0.05, 0) is 39.0 Å². The first-order valence-corrected chi connectivity index (χ1v) is 8.83. The van der Waals surface area contributed by atoms with Gasteiger partial charge < -0.3 is 9.64 Å². The standard InChI is InChI=1S/C17H23N3O5/c1-2-25-16(23)13-10-20(17(24)18-15(13)22)12-7-5-11(6-8-12)19-9-3-4-14(19)21/h10-12H,2-9H2,1H3,(H,18,22,24). The van der Waals surface area contributed by atoms with Crippen molar-refractivity contribution in [2.75, 3.05) is 13.2 Å². The van der Waals surface area contributed by atoms with E-state index in [0.717, 1.165) is 38.6 Å². The van der Waals surface area contributed by atoms with Crippen LogP contribution in [0.3, 0.4) is 0 Å². The first-order chi connectivity index (χ1) is 12.0. The fourth-order valence-corrected chi connectivity index (χ4v) is 3.81. The zero-order valence-corrected chi connectivity index (χ0v) is 14.3. The van der Waals surface area contributed by atoms with Crippen LogP contribution < -0.4 is 11.2 Å². The van der Waals surface area contributed by atoms with Crippen LogP contribution in [0.25, 0.3) is 0 Å². The van der Waals surface area contributed by atoms with E-state index in [9.17, 15) is 19.2 Å². The zero-order chi connectivity index (χ0) is 18.0. The molecular formula is C17H23N3O5. The van der Waals surface area contributed by atoms with Crippen LogP contribution in [0.2, 0.25) is 0 Å². The molecule has 3 rings (SSSR count). The number of hydrogen-bond donors (Lipinski definition) is 1. The van der Waals surface area contributed by atoms with Crippen LogP contribution in [0.4, 0.5) is 0 Å². The molecule has 2 heterocycles. The van der Waals surface area contributed by atoms with Crippen molar-refractivity contribution in [3.63, 3.8) is 0 Å². The molecule has 0 bridgehead atoms. The Bertz CT molecular complexity index is 773. The molecule has 136 valence electrons. The summed E-state index contributed by atoms with van der Waals surface area (Å²) in [6.45, 7) is 2.63. The quantitative estimate of drug-likeness (QED) is 0.811. The molecule has 0 atom stereocenters. The van der Waals surface area contributed by atoms with E-state index in [-0.39, 0.29) is 30.2 Å². The van der Waals surface area contributed by atoms with Crippen molar-refractivity contribution in [2.45, 2.75) is 57.5 Å². The lowest BCUT2D eigenvalue weighted by molar-refractivity contribution is -0.130. The molecule has 0 unspecified atom stereocenters. The van der Waals surface area contributed by atoms with Crippen LogP contribution in [-0.4, -0.2) is 45.5 Å². The summed E-state index contributed by atoms with van der Waals surface area (Å²) in [6.07, 6.45) is 5.94. The maximum Gasteiger partial charge on any atom is 0.345 e. The van der Waals surface area contributed by atoms with Crippen molar-refractivity contribution in [3.8, 4) is 0 Å². The van der Waals surface area contributed by atoms with Crippen LogP contribution >= 0.6 is 0 Å². The highest BCUT2D eigenvalue weighted by atomic mass is 16.5. The van der Waals surface area contributed by atoms with E-state index >= 15 is 0 Å². The summed E-state index contributed by atoms with van der Waals surface area (Å²) in [5.74, 6) is -0.511. The van der Waals surface area contributed by atoms with Gasteiger partial charge >= 0.3 is 11.7 Å². The van der Waals surface area contributed by atoms with Gasteiger partial charge in [-0.2, -0.15) is 0 Å². The molecule has 2 aliphatic rings. The Balaban J connectivity index is 1.75. The van der Waals surface area contributed by atoms with Crippen LogP contribution in [0.15, 0.2) is 15.8 Å². The smallest absolute Gasteiger partial charge is 0.345 e. The van der Waals surface area contributed by atoms with Crippen molar-refractivity contribution in [1.29, 1.82) is 0 Å². The molecule has 1 aromatic heterocycles. The van der Waals surface area contributed by atoms with Gasteiger partial charge in [0, 0.05) is 31.2 Å². The molecule has 0 spiro atoms. The molecule has 1 aromatic rings. The highest BCUT2D eigenvalue weighted by molar-refractivity contribution is 5.88. The number of ether oxygens (including phenoxy) is 1. The van der Waals surface area contributed by atoms with Crippen LogP contribution in [0.5, 0.6) is 0 Å². The van der Waals surface area contributed by atoms with Gasteiger partial charge in [0.2, 0.25) is 5.91 Å². The minimum absolute atomic E-state index is 0.0912. The SMILES string of the molecule is CCOC(=O)c1cn(C2CCC(N3CCCC3=O)CC2)c(=O)[nH]c1=O. The number of hydrogen-bond acceptors (Lipinski definition) is 5. The van der Waals surface area contributed by atoms with E-state index in [2.05, 4.69) is 4.98 Å². The highest BCUT2D eigenvalue weighted by Gasteiger charge is 2.32. The Labute approximate surface area is 144 Å². The Hall–Kier alpha value is -2.38. The summed E-state index contributed by atoms with van der Waals surface area (Å²) in [4.78, 5) is 51.9. The Kier molecular flexibility index (Phi) is 5.06. The van der Waals surface area contributed by atoms with Crippen LogP contribution in [-0.2, 0) is 9.53 Å². The number of aromatic amines is 1. The van der Waals surface area contributed by atoms with Gasteiger partial charge in [0.05, 0.1) is 6.61 Å². The van der Waals surface area contributed by atoms with Gasteiger partial charge in [-0.3, -0.25) is 19.1 Å². The van der Waals surface area contributed by atoms with E-state index in [1.165, 1.54) is 10.8 Å². The van der Waals surface area contributed by atoms with E-state index in [1.807, 2.05) is 4.90 Å². The highest BCUT2D eigenvalue weighted by Crippen LogP contribution is 2.32. The maximum atomic E-state index is 12.2. The van der Waals surface area contributed by atoms with E-state index in [1.54, 1.807) is 6.92 Å². The topological polar surface area (TPSA) is 101 Å². The average molecular weight is 349 g/mol. The van der Waals surface area contributed by atoms with E-state index in [4.69, 9.17) is 4.74 Å². The number of carbonyl (C=O) groups excluding carboxylic acids is 2. The van der Waals surface area contributed by atoms with Crippen LogP contribution in [0.1, 0.15) is 61.8 Å². The molecule has 8 heteroatoms. The van der Waals surface area contributed by atoms with Gasteiger partial charge in [0.25, 0.3) is 5.56 Å². The maximum absolute atomic E-state index is 12.2. The summed E-state index contributed by atoms with van der Waals surface area (Å²) in [6, 6.07) is 0.140. The number of carbonyl (C=O) groups is 2. The lowest BCUT2D eigenvalue weighted by atomic mass is 9.90. The molecule has 1 N–H and O–H groups in total. The molecule has 1 aliphatic carbocycles. The first-order valence-electron chi connectivity index (χ1n) is 8.83. The lowest BCUT2D eigenvalue weighted by Gasteiger charge is -2.35. The average Bonchev–Trinajstić information content (AvgIpc) is 3.01. The second-order valence-electron chi connectivity index (χ2n) is 6.58. The third kappa shape index (κ3) is 3.52. The van der Waals surface area contributed by atoms with Crippen LogP contribution in [0, 0.1) is 0 Å². The number of nitrogens with one attached hydrogen (secondary N) is 1. The number of esters is 1. The number of likely N-dealkylation sites (tertiary alicyclic amines) is 1. The Morgan fingerprint density at radius 3 is 2.48 bits per heavy atom. The normalized spacial score (nSPS) is 23.7. The molecule has 0 aromatic carbocycles. The number of nitrogens with zero attached hydrogens (tertiary/aromatic N) is 2. The predicted molar refractivity (Wildman–Crippen MR) is 89.5 cm³/mol. The number of amides is 1. The van der Waals surface area contributed by atoms with Gasteiger partial charge in [0.15, 0.2) is 0 Å². The number of H-pyrrole nitrogens is 1. The zero-order valence-electron chi connectivity index (χ0n) is 14.3. The molecule has 0 radical (unpaired) electrons. The largest absolute Gasteiger partial charge is 0.462 e. The van der Waals surface area contributed by atoms with Gasteiger partial charge in [-0.25, -0.2) is 9.59 Å². The van der Waals surface area contributed by atoms with Crippen molar-refractivity contribution in [2.24, 2.45) is 0 Å². The summed E-state index contributed by atoms with van der Waals surface area (Å²) in [5, 5.41) is 0. The molecule has 1 amide bonds. The fraction of sp³-hybridized carbons (Fsp3) is 0.647. The van der Waals surface area contributed by atoms with E-state index < -0.39 is 17.2 Å². The van der Waals surface area contributed by atoms with Gasteiger partial charge in [-0.15, -0.1) is 0 Å². The molecule has 1 saturated heterocycles. The van der Waals surface area contributed by atoms with Gasteiger partial charge in [-0.1, -0.05) is 0 Å². The van der Waals surface area contributed by atoms with Crippen molar-refractivity contribution in [1.82, 2.24) is 14.5 Å². The third-order valence-corrected chi connectivity index (χ3v) is 5.07. The third-order valence-electron chi connectivity index (χ3n) is 5.07. The summed E-state index contributed by atoms with van der Waals surface area (Å²) in [5.41, 5.74) is -1.40. The van der Waals surface area contributed by atoms with Crippen molar-refractivity contribution in [3.05, 3.63) is 32.6 Å². The molecule has 1 saturated carbocycles. The Morgan fingerprint density at radius 1 is 1.20 bits per heavy atom. The lowest BCUT2D eigenvalue weighted by Crippen LogP contribution is -2.41. The fourth-order valence-electron chi connectivity index (χ4n) is 3.81. The summed E-state index contributed by atoms with van der Waals surface area (Å²) < 4.78 is 6.30. The summed E-state index contributed by atoms with van der Waals surface area (Å²) >= 11 is 0. The number of aromatic nitrogens is 2. The molecule has 25 heavy (non-hydrogen) atoms. The minimum atomic E-state index is -0.728. The second kappa shape index (κ2) is 7.25.